The van der Waals surface area contributed by atoms with Crippen LogP contribution in [0.15, 0.2) is 4.99 Å². The number of aliphatic imine (C=N–C) groups is 1. The predicted octanol–water partition coefficient (Wildman–Crippen LogP) is 2.31. The van der Waals surface area contributed by atoms with Crippen LogP contribution in [-0.4, -0.2) is 85.2 Å². The molecule has 0 aromatic rings. The van der Waals surface area contributed by atoms with Crippen LogP contribution in [0.5, 0.6) is 0 Å². The van der Waals surface area contributed by atoms with Gasteiger partial charge >= 0.3 is 0 Å². The SMILES string of the molecule is CCNC(=NCC(C)(C)N1CC(C)OC(C)C1)NCCC(=O)N(CC)CC.I. The summed E-state index contributed by atoms with van der Waals surface area (Å²) in [5.74, 6) is 0.951. The van der Waals surface area contributed by atoms with Gasteiger partial charge in [0, 0.05) is 51.2 Å². The van der Waals surface area contributed by atoms with Crippen LogP contribution < -0.4 is 10.6 Å². The molecule has 0 aromatic carbocycles. The van der Waals surface area contributed by atoms with E-state index >= 15 is 0 Å². The van der Waals surface area contributed by atoms with Crippen LogP contribution in [0.1, 0.15) is 54.9 Å². The van der Waals surface area contributed by atoms with Crippen molar-refractivity contribution in [2.24, 2.45) is 4.99 Å². The lowest BCUT2D eigenvalue weighted by Gasteiger charge is -2.44. The zero-order valence-corrected chi connectivity index (χ0v) is 21.2. The first-order valence-electron chi connectivity index (χ1n) is 10.4. The highest BCUT2D eigenvalue weighted by Gasteiger charge is 2.33. The molecule has 0 radical (unpaired) electrons. The lowest BCUT2D eigenvalue weighted by atomic mass is 10.0. The molecule has 0 bridgehead atoms. The molecule has 7 nitrogen and oxygen atoms in total. The zero-order valence-electron chi connectivity index (χ0n) is 18.9. The molecule has 8 heteroatoms. The Hall–Kier alpha value is -0.610. The highest BCUT2D eigenvalue weighted by Crippen LogP contribution is 2.21. The van der Waals surface area contributed by atoms with Crippen molar-refractivity contribution in [2.45, 2.75) is 72.6 Å². The van der Waals surface area contributed by atoms with E-state index < -0.39 is 0 Å². The maximum atomic E-state index is 12.1. The minimum absolute atomic E-state index is 0. The number of hydrogen-bond acceptors (Lipinski definition) is 4. The molecule has 0 saturated carbocycles. The summed E-state index contributed by atoms with van der Waals surface area (Å²) in [6.45, 7) is 20.2. The monoisotopic (exact) mass is 511 g/mol. The van der Waals surface area contributed by atoms with Gasteiger partial charge in [-0.2, -0.15) is 0 Å². The summed E-state index contributed by atoms with van der Waals surface area (Å²) in [4.78, 5) is 21.2. The van der Waals surface area contributed by atoms with Gasteiger partial charge in [-0.1, -0.05) is 0 Å². The lowest BCUT2D eigenvalue weighted by molar-refractivity contribution is -0.130. The van der Waals surface area contributed by atoms with Gasteiger partial charge in [0.05, 0.1) is 18.8 Å². The van der Waals surface area contributed by atoms with Crippen LogP contribution in [-0.2, 0) is 9.53 Å². The molecule has 0 aliphatic carbocycles. The van der Waals surface area contributed by atoms with E-state index in [2.05, 4.69) is 50.2 Å². The topological polar surface area (TPSA) is 69.2 Å². The first-order chi connectivity index (χ1) is 12.7. The molecular formula is C20H42IN5O2. The van der Waals surface area contributed by atoms with Crippen LogP contribution in [0.25, 0.3) is 0 Å². The normalized spacial score (nSPS) is 21.0. The van der Waals surface area contributed by atoms with Crippen LogP contribution in [0.3, 0.4) is 0 Å². The lowest BCUT2D eigenvalue weighted by Crippen LogP contribution is -2.56. The van der Waals surface area contributed by atoms with Crippen LogP contribution >= 0.6 is 24.0 Å². The van der Waals surface area contributed by atoms with Crippen LogP contribution in [0.2, 0.25) is 0 Å². The van der Waals surface area contributed by atoms with Gasteiger partial charge < -0.3 is 20.3 Å². The van der Waals surface area contributed by atoms with E-state index in [1.807, 2.05) is 18.7 Å². The molecule has 0 aromatic heterocycles. The Balaban J connectivity index is 0.00000729. The fourth-order valence-corrected chi connectivity index (χ4v) is 3.41. The highest BCUT2D eigenvalue weighted by molar-refractivity contribution is 14.0. The van der Waals surface area contributed by atoms with Crippen molar-refractivity contribution in [3.05, 3.63) is 0 Å². The van der Waals surface area contributed by atoms with Crippen molar-refractivity contribution in [1.82, 2.24) is 20.4 Å². The largest absolute Gasteiger partial charge is 0.373 e. The molecule has 1 rings (SSSR count). The third-order valence-corrected chi connectivity index (χ3v) is 4.99. The zero-order chi connectivity index (χ0) is 20.4. The number of halogens is 1. The van der Waals surface area contributed by atoms with Crippen molar-refractivity contribution in [3.63, 3.8) is 0 Å². The van der Waals surface area contributed by atoms with E-state index in [4.69, 9.17) is 9.73 Å². The molecule has 1 amide bonds. The average Bonchev–Trinajstić information content (AvgIpc) is 2.60. The van der Waals surface area contributed by atoms with Crippen molar-refractivity contribution in [2.75, 3.05) is 45.8 Å². The number of ether oxygens (including phenoxy) is 1. The summed E-state index contributed by atoms with van der Waals surface area (Å²) in [7, 11) is 0. The van der Waals surface area contributed by atoms with Gasteiger partial charge in [0.15, 0.2) is 5.96 Å². The molecule has 1 saturated heterocycles. The average molecular weight is 511 g/mol. The highest BCUT2D eigenvalue weighted by atomic mass is 127. The number of carbonyl (C=O) groups excluding carboxylic acids is 1. The first kappa shape index (κ1) is 27.4. The molecule has 166 valence electrons. The number of guanidine groups is 1. The fraction of sp³-hybridized carbons (Fsp3) is 0.900. The van der Waals surface area contributed by atoms with E-state index in [0.717, 1.165) is 38.7 Å². The van der Waals surface area contributed by atoms with Crippen molar-refractivity contribution in [1.29, 1.82) is 0 Å². The third-order valence-electron chi connectivity index (χ3n) is 4.99. The van der Waals surface area contributed by atoms with E-state index in [1.165, 1.54) is 0 Å². The van der Waals surface area contributed by atoms with E-state index in [1.54, 1.807) is 0 Å². The molecule has 1 aliphatic heterocycles. The second-order valence-electron chi connectivity index (χ2n) is 7.91. The Morgan fingerprint density at radius 3 is 2.21 bits per heavy atom. The van der Waals surface area contributed by atoms with Gasteiger partial charge in [0.2, 0.25) is 5.91 Å². The second-order valence-corrected chi connectivity index (χ2v) is 7.91. The van der Waals surface area contributed by atoms with Crippen LogP contribution in [0.4, 0.5) is 0 Å². The molecule has 1 fully saturated rings. The molecule has 28 heavy (non-hydrogen) atoms. The fourth-order valence-electron chi connectivity index (χ4n) is 3.41. The number of carbonyl (C=O) groups is 1. The standard InChI is InChI=1S/C20H41N5O2.HI/c1-8-21-19(22-12-11-18(26)24(9-2)10-3)23-15-20(6,7)25-13-16(4)27-17(5)14-25;/h16-17H,8-15H2,1-7H3,(H2,21,22,23);1H. The number of nitrogens with one attached hydrogen (secondary N) is 2. The molecular weight excluding hydrogens is 469 g/mol. The van der Waals surface area contributed by atoms with Crippen molar-refractivity contribution < 1.29 is 9.53 Å². The van der Waals surface area contributed by atoms with Crippen LogP contribution in [0, 0.1) is 0 Å². The van der Waals surface area contributed by atoms with Crippen molar-refractivity contribution >= 4 is 35.8 Å². The maximum absolute atomic E-state index is 12.1. The van der Waals surface area contributed by atoms with Gasteiger partial charge in [-0.25, -0.2) is 0 Å². The number of morpholine rings is 1. The minimum Gasteiger partial charge on any atom is -0.373 e. The summed E-state index contributed by atoms with van der Waals surface area (Å²) in [6, 6.07) is 0. The Labute approximate surface area is 189 Å². The maximum Gasteiger partial charge on any atom is 0.224 e. The summed E-state index contributed by atoms with van der Waals surface area (Å²) < 4.78 is 5.85. The van der Waals surface area contributed by atoms with Crippen molar-refractivity contribution in [3.8, 4) is 0 Å². The van der Waals surface area contributed by atoms with Gasteiger partial charge in [-0.15, -0.1) is 24.0 Å². The Morgan fingerprint density at radius 2 is 1.71 bits per heavy atom. The smallest absolute Gasteiger partial charge is 0.224 e. The van der Waals surface area contributed by atoms with E-state index in [-0.39, 0.29) is 47.6 Å². The molecule has 2 unspecified atom stereocenters. The van der Waals surface area contributed by atoms with Gasteiger partial charge in [-0.3, -0.25) is 14.7 Å². The molecule has 0 spiro atoms. The van der Waals surface area contributed by atoms with Gasteiger partial charge in [0.25, 0.3) is 0 Å². The molecule has 2 N–H and O–H groups in total. The van der Waals surface area contributed by atoms with Gasteiger partial charge in [-0.05, 0) is 48.5 Å². The first-order valence-corrected chi connectivity index (χ1v) is 10.4. The number of nitrogens with zero attached hydrogens (tertiary/aromatic N) is 3. The van der Waals surface area contributed by atoms with E-state index in [0.29, 0.717) is 19.5 Å². The summed E-state index contributed by atoms with van der Waals surface area (Å²) in [6.07, 6.45) is 0.970. The Bertz CT molecular complexity index is 473. The number of amides is 1. The number of hydrogen-bond donors (Lipinski definition) is 2. The van der Waals surface area contributed by atoms with E-state index in [9.17, 15) is 4.79 Å². The third kappa shape index (κ3) is 9.26. The summed E-state index contributed by atoms with van der Waals surface area (Å²) in [5.41, 5.74) is -0.0499. The Kier molecular flexibility index (Phi) is 13.3. The predicted molar refractivity (Wildman–Crippen MR) is 128 cm³/mol. The summed E-state index contributed by atoms with van der Waals surface area (Å²) in [5, 5.41) is 6.57. The quantitative estimate of drug-likeness (QED) is 0.283. The van der Waals surface area contributed by atoms with Gasteiger partial charge in [0.1, 0.15) is 0 Å². The number of rotatable bonds is 9. The summed E-state index contributed by atoms with van der Waals surface area (Å²) >= 11 is 0. The minimum atomic E-state index is -0.0499. The second kappa shape index (κ2) is 13.6. The molecule has 1 heterocycles. The molecule has 1 aliphatic rings. The Morgan fingerprint density at radius 1 is 1.14 bits per heavy atom. The molecule has 2 atom stereocenters.